The molecular weight excluding hydrogens is 294 g/mol. The van der Waals surface area contributed by atoms with Crippen molar-refractivity contribution in [3.05, 3.63) is 42.5 Å². The minimum atomic E-state index is -1.01. The van der Waals surface area contributed by atoms with E-state index < -0.39 is 18.0 Å². The summed E-state index contributed by atoms with van der Waals surface area (Å²) in [4.78, 5) is 16.6. The summed E-state index contributed by atoms with van der Waals surface area (Å²) in [5, 5.41) is 13.9. The lowest BCUT2D eigenvalue weighted by molar-refractivity contribution is -0.152. The number of fused-ring (bicyclic) bond motifs is 3. The number of ether oxygens (including phenoxy) is 1. The Bertz CT molecular complexity index is 683. The average Bonchev–Trinajstić information content (AvgIpc) is 3.03. The highest BCUT2D eigenvalue weighted by molar-refractivity contribution is 5.75. The molecule has 1 aromatic heterocycles. The zero-order valence-electron chi connectivity index (χ0n) is 13.1. The minimum absolute atomic E-state index is 0.302. The molecule has 0 radical (unpaired) electrons. The van der Waals surface area contributed by atoms with Gasteiger partial charge in [-0.05, 0) is 18.6 Å². The molecule has 0 fully saturated rings. The number of imidazole rings is 1. The predicted molar refractivity (Wildman–Crippen MR) is 86.4 cm³/mol. The number of anilines is 1. The van der Waals surface area contributed by atoms with Crippen molar-refractivity contribution in [3.8, 4) is 5.69 Å². The molecule has 6 nitrogen and oxygen atoms in total. The SMILES string of the molecule is CCCCOC(=O)[C@H]1CNc2ccccc2-n2ccnc2[C@@H]1O. The quantitative estimate of drug-likeness (QED) is 0.669. The largest absolute Gasteiger partial charge is 0.465 e. The molecule has 0 spiro atoms. The molecule has 2 N–H and O–H groups in total. The number of para-hydroxylation sites is 2. The van der Waals surface area contributed by atoms with Crippen molar-refractivity contribution in [1.82, 2.24) is 9.55 Å². The van der Waals surface area contributed by atoms with Crippen molar-refractivity contribution in [2.75, 3.05) is 18.5 Å². The van der Waals surface area contributed by atoms with Gasteiger partial charge in [0.2, 0.25) is 0 Å². The number of aromatic nitrogens is 2. The lowest BCUT2D eigenvalue weighted by atomic mass is 10.00. The van der Waals surface area contributed by atoms with Gasteiger partial charge in [-0.2, -0.15) is 0 Å². The highest BCUT2D eigenvalue weighted by Crippen LogP contribution is 2.31. The van der Waals surface area contributed by atoms with Gasteiger partial charge in [0.1, 0.15) is 17.8 Å². The van der Waals surface area contributed by atoms with Gasteiger partial charge in [-0.3, -0.25) is 9.36 Å². The number of carbonyl (C=O) groups excluding carboxylic acids is 1. The molecule has 2 aromatic rings. The zero-order chi connectivity index (χ0) is 16.2. The third-order valence-electron chi connectivity index (χ3n) is 4.04. The zero-order valence-corrected chi connectivity index (χ0v) is 13.1. The van der Waals surface area contributed by atoms with E-state index in [4.69, 9.17) is 4.74 Å². The van der Waals surface area contributed by atoms with Gasteiger partial charge in [0.25, 0.3) is 0 Å². The second-order valence-corrected chi connectivity index (χ2v) is 5.63. The van der Waals surface area contributed by atoms with Crippen molar-refractivity contribution in [1.29, 1.82) is 0 Å². The molecule has 0 unspecified atom stereocenters. The Kier molecular flexibility index (Phi) is 4.62. The van der Waals surface area contributed by atoms with Gasteiger partial charge in [-0.25, -0.2) is 4.98 Å². The molecule has 1 aromatic carbocycles. The van der Waals surface area contributed by atoms with E-state index in [2.05, 4.69) is 10.3 Å². The van der Waals surface area contributed by atoms with E-state index in [0.29, 0.717) is 19.0 Å². The van der Waals surface area contributed by atoms with Crippen LogP contribution < -0.4 is 5.32 Å². The van der Waals surface area contributed by atoms with Crippen LogP contribution in [0.4, 0.5) is 5.69 Å². The summed E-state index contributed by atoms with van der Waals surface area (Å²) in [6, 6.07) is 7.74. The number of aliphatic hydroxyl groups is 1. The molecule has 1 aliphatic heterocycles. The second kappa shape index (κ2) is 6.83. The summed E-state index contributed by atoms with van der Waals surface area (Å²) >= 11 is 0. The van der Waals surface area contributed by atoms with Crippen LogP contribution in [0.25, 0.3) is 5.69 Å². The molecule has 0 aliphatic carbocycles. The fraction of sp³-hybridized carbons (Fsp3) is 0.412. The number of nitrogens with zero attached hydrogens (tertiary/aromatic N) is 2. The summed E-state index contributed by atoms with van der Waals surface area (Å²) in [5.41, 5.74) is 1.79. The van der Waals surface area contributed by atoms with Gasteiger partial charge < -0.3 is 15.2 Å². The van der Waals surface area contributed by atoms with Crippen molar-refractivity contribution < 1.29 is 14.6 Å². The number of rotatable bonds is 4. The van der Waals surface area contributed by atoms with Crippen molar-refractivity contribution in [3.63, 3.8) is 0 Å². The summed E-state index contributed by atoms with van der Waals surface area (Å²) < 4.78 is 7.10. The Morgan fingerprint density at radius 2 is 2.30 bits per heavy atom. The van der Waals surface area contributed by atoms with Crippen LogP contribution in [-0.4, -0.2) is 33.8 Å². The van der Waals surface area contributed by atoms with Crippen LogP contribution in [0.5, 0.6) is 0 Å². The lowest BCUT2D eigenvalue weighted by Crippen LogP contribution is -2.34. The van der Waals surface area contributed by atoms with Crippen molar-refractivity contribution in [2.45, 2.75) is 25.9 Å². The van der Waals surface area contributed by atoms with Crippen LogP contribution in [0.3, 0.4) is 0 Å². The predicted octanol–water partition coefficient (Wildman–Crippen LogP) is 2.29. The maximum absolute atomic E-state index is 12.3. The van der Waals surface area contributed by atoms with Gasteiger partial charge in [-0.15, -0.1) is 0 Å². The van der Waals surface area contributed by atoms with E-state index >= 15 is 0 Å². The molecule has 23 heavy (non-hydrogen) atoms. The molecule has 6 heteroatoms. The number of hydrogen-bond acceptors (Lipinski definition) is 5. The lowest BCUT2D eigenvalue weighted by Gasteiger charge is -2.27. The smallest absolute Gasteiger partial charge is 0.313 e. The number of aliphatic hydroxyl groups excluding tert-OH is 1. The maximum Gasteiger partial charge on any atom is 0.313 e. The van der Waals surface area contributed by atoms with E-state index in [0.717, 1.165) is 24.2 Å². The van der Waals surface area contributed by atoms with Gasteiger partial charge in [0.15, 0.2) is 0 Å². The topological polar surface area (TPSA) is 76.4 Å². The Morgan fingerprint density at radius 1 is 1.48 bits per heavy atom. The van der Waals surface area contributed by atoms with E-state index in [1.807, 2.05) is 31.2 Å². The Labute approximate surface area is 135 Å². The first-order valence-corrected chi connectivity index (χ1v) is 7.93. The number of esters is 1. The van der Waals surface area contributed by atoms with Crippen LogP contribution in [0.1, 0.15) is 31.7 Å². The van der Waals surface area contributed by atoms with E-state index in [1.54, 1.807) is 17.0 Å². The Balaban J connectivity index is 1.90. The maximum atomic E-state index is 12.3. The number of benzene rings is 1. The summed E-state index contributed by atoms with van der Waals surface area (Å²) in [7, 11) is 0. The summed E-state index contributed by atoms with van der Waals surface area (Å²) in [6.07, 6.45) is 4.17. The fourth-order valence-corrected chi connectivity index (χ4v) is 2.72. The van der Waals surface area contributed by atoms with Crippen LogP contribution in [0.2, 0.25) is 0 Å². The van der Waals surface area contributed by atoms with Crippen molar-refractivity contribution >= 4 is 11.7 Å². The van der Waals surface area contributed by atoms with Crippen LogP contribution in [-0.2, 0) is 9.53 Å². The first-order chi connectivity index (χ1) is 11.2. The minimum Gasteiger partial charge on any atom is -0.465 e. The number of nitrogens with one attached hydrogen (secondary N) is 1. The molecule has 3 rings (SSSR count). The number of carbonyl (C=O) groups is 1. The first kappa shape index (κ1) is 15.6. The van der Waals surface area contributed by atoms with Gasteiger partial charge in [0.05, 0.1) is 18.0 Å². The van der Waals surface area contributed by atoms with Crippen LogP contribution >= 0.6 is 0 Å². The van der Waals surface area contributed by atoms with Gasteiger partial charge >= 0.3 is 5.97 Å². The third-order valence-corrected chi connectivity index (χ3v) is 4.04. The number of unbranched alkanes of at least 4 members (excludes halogenated alkanes) is 1. The third kappa shape index (κ3) is 3.07. The normalized spacial score (nSPS) is 19.7. The van der Waals surface area contributed by atoms with E-state index in [1.165, 1.54) is 0 Å². The Morgan fingerprint density at radius 3 is 3.13 bits per heavy atom. The molecule has 0 saturated carbocycles. The number of hydrogen-bond donors (Lipinski definition) is 2. The standard InChI is InChI=1S/C17H21N3O3/c1-2-3-10-23-17(22)12-11-19-13-6-4-5-7-14(13)20-9-8-18-16(20)15(12)21/h4-9,12,15,19,21H,2-3,10-11H2,1H3/t12-,15+/m0/s1. The molecule has 0 bridgehead atoms. The Hall–Kier alpha value is -2.34. The fourth-order valence-electron chi connectivity index (χ4n) is 2.72. The van der Waals surface area contributed by atoms with Gasteiger partial charge in [-0.1, -0.05) is 25.5 Å². The van der Waals surface area contributed by atoms with Crippen LogP contribution in [0.15, 0.2) is 36.7 Å². The van der Waals surface area contributed by atoms with Gasteiger partial charge in [0, 0.05) is 18.9 Å². The first-order valence-electron chi connectivity index (χ1n) is 7.93. The molecule has 122 valence electrons. The van der Waals surface area contributed by atoms with E-state index in [-0.39, 0.29) is 0 Å². The highest BCUT2D eigenvalue weighted by atomic mass is 16.5. The molecule has 0 saturated heterocycles. The summed E-state index contributed by atoms with van der Waals surface area (Å²) in [6.45, 7) is 2.72. The summed E-state index contributed by atoms with van der Waals surface area (Å²) in [5.74, 6) is -0.634. The van der Waals surface area contributed by atoms with E-state index in [9.17, 15) is 9.90 Å². The highest BCUT2D eigenvalue weighted by Gasteiger charge is 2.34. The van der Waals surface area contributed by atoms with Crippen molar-refractivity contribution in [2.24, 2.45) is 5.92 Å². The molecule has 2 heterocycles. The molecule has 1 aliphatic rings. The molecular formula is C17H21N3O3. The monoisotopic (exact) mass is 315 g/mol. The van der Waals surface area contributed by atoms with Crippen LogP contribution in [0, 0.1) is 5.92 Å². The molecule has 0 amide bonds. The molecule has 2 atom stereocenters. The average molecular weight is 315 g/mol. The second-order valence-electron chi connectivity index (χ2n) is 5.63.